The Labute approximate surface area is 162 Å². The Morgan fingerprint density at radius 1 is 1.19 bits per heavy atom. The monoisotopic (exact) mass is 481 g/mol. The number of rotatable bonds is 10. The van der Waals surface area contributed by atoms with Gasteiger partial charge in [-0.15, -0.1) is 0 Å². The summed E-state index contributed by atoms with van der Waals surface area (Å²) in [4.78, 5) is 38.2. The number of imidazole rings is 1. The summed E-state index contributed by atoms with van der Waals surface area (Å²) in [7, 11) is -10.4. The molecule has 27 heavy (non-hydrogen) atoms. The highest BCUT2D eigenvalue weighted by atomic mass is 32.9. The number of nitrogen functional groups attached to an aromatic ring is 1. The van der Waals surface area contributed by atoms with E-state index in [-0.39, 0.29) is 25.8 Å². The van der Waals surface area contributed by atoms with Crippen LogP contribution in [-0.2, 0) is 45.5 Å². The lowest BCUT2D eigenvalue weighted by molar-refractivity contribution is 0.0566. The van der Waals surface area contributed by atoms with E-state index < -0.39 is 21.3 Å². The second kappa shape index (κ2) is 8.91. The second-order valence-electron chi connectivity index (χ2n) is 4.61. The zero-order chi connectivity index (χ0) is 20.3. The molecule has 0 saturated heterocycles. The van der Waals surface area contributed by atoms with E-state index in [1.807, 2.05) is 0 Å². The quantitative estimate of drug-likeness (QED) is 0.181. The van der Waals surface area contributed by atoms with Crippen molar-refractivity contribution in [3.63, 3.8) is 0 Å². The predicted octanol–water partition coefficient (Wildman–Crippen LogP) is 0.780. The lowest BCUT2D eigenvalue weighted by atomic mass is 10.5. The Kier molecular flexibility index (Phi) is 7.53. The topological polar surface area (TPSA) is 201 Å². The number of hydrogen-bond acceptors (Lipinski definition) is 11. The molecule has 2 heterocycles. The van der Waals surface area contributed by atoms with Crippen molar-refractivity contribution in [2.75, 3.05) is 18.9 Å². The molecule has 0 amide bonds. The van der Waals surface area contributed by atoms with Gasteiger partial charge in [-0.1, -0.05) is 12.2 Å². The van der Waals surface area contributed by atoms with E-state index in [2.05, 4.69) is 35.8 Å². The predicted molar refractivity (Wildman–Crippen MR) is 98.9 cm³/mol. The maximum Gasteiger partial charge on any atom is 0.487 e. The summed E-state index contributed by atoms with van der Waals surface area (Å²) in [6, 6.07) is 0. The van der Waals surface area contributed by atoms with Gasteiger partial charge in [0.25, 0.3) is 5.69 Å². The number of nitrogens with zero attached hydrogens (tertiary/aromatic N) is 4. The third-order valence-electron chi connectivity index (χ3n) is 2.56. The highest BCUT2D eigenvalue weighted by molar-refractivity contribution is 8.60. The van der Waals surface area contributed by atoms with Crippen LogP contribution in [0.1, 0.15) is 0 Å². The van der Waals surface area contributed by atoms with Gasteiger partial charge >= 0.3 is 15.6 Å². The van der Waals surface area contributed by atoms with Crippen LogP contribution in [0, 0.1) is 0 Å². The lowest BCUT2D eigenvalue weighted by Crippen LogP contribution is -2.07. The van der Waals surface area contributed by atoms with E-state index in [0.29, 0.717) is 11.2 Å². The van der Waals surface area contributed by atoms with Gasteiger partial charge in [0.1, 0.15) is 18.6 Å². The van der Waals surface area contributed by atoms with Gasteiger partial charge < -0.3 is 29.7 Å². The van der Waals surface area contributed by atoms with Crippen molar-refractivity contribution in [3.8, 4) is 0 Å². The summed E-state index contributed by atoms with van der Waals surface area (Å²) in [5.74, 6) is 0.223. The molecule has 0 spiro atoms. The first-order valence-electron chi connectivity index (χ1n) is 6.66. The van der Waals surface area contributed by atoms with Crippen molar-refractivity contribution in [1.29, 1.82) is 0 Å². The third-order valence-corrected chi connectivity index (χ3v) is 8.31. The molecule has 5 N–H and O–H groups in total. The Balaban J connectivity index is 1.80. The Morgan fingerprint density at radius 2 is 1.89 bits per heavy atom. The number of aromatic nitrogens is 4. The number of anilines is 1. The maximum atomic E-state index is 11.4. The molecule has 2 rings (SSSR count). The van der Waals surface area contributed by atoms with Gasteiger partial charge in [0, 0.05) is 0 Å². The number of hydrogen-bond donors (Lipinski definition) is 5. The first-order valence-corrected chi connectivity index (χ1v) is 13.5. The van der Waals surface area contributed by atoms with Crippen LogP contribution in [0.5, 0.6) is 0 Å². The molecule has 0 radical (unpaired) electrons. The minimum atomic E-state index is -5.27. The van der Waals surface area contributed by atoms with E-state index in [4.69, 9.17) is 36.6 Å². The molecule has 14 nitrogen and oxygen atoms in total. The van der Waals surface area contributed by atoms with Crippen molar-refractivity contribution < 1.29 is 41.7 Å². The highest BCUT2D eigenvalue weighted by Crippen LogP contribution is 2.69. The van der Waals surface area contributed by atoms with Crippen LogP contribution in [0.4, 0.5) is 5.82 Å². The standard InChI is InChI=1S/C8H14N5O9P3S2/c9-7-6-8(11-3-10-7)13(4-12-6)5-19-1-2-20-25(26,27)22-24(17,18)21-23(14,15)16/h3-4H,1-2,5H2,(H,17,18)(H,26,27)(H2,9,10,11)(H2,14,15,16). The van der Waals surface area contributed by atoms with Crippen LogP contribution in [0.25, 0.3) is 11.2 Å². The van der Waals surface area contributed by atoms with Crippen molar-refractivity contribution in [3.05, 3.63) is 12.7 Å². The molecule has 0 aliphatic rings. The molecular weight excluding hydrogens is 467 g/mol. The molecule has 0 fully saturated rings. The first-order chi connectivity index (χ1) is 12.4. The fourth-order valence-corrected chi connectivity index (χ4v) is 6.73. The van der Waals surface area contributed by atoms with E-state index in [1.54, 1.807) is 4.57 Å². The first kappa shape index (κ1) is 22.8. The zero-order valence-corrected chi connectivity index (χ0v) is 17.5. The van der Waals surface area contributed by atoms with Crippen LogP contribution in [0.15, 0.2) is 12.7 Å². The van der Waals surface area contributed by atoms with Crippen molar-refractivity contribution in [2.24, 2.45) is 0 Å². The third kappa shape index (κ3) is 7.46. The summed E-state index contributed by atoms with van der Waals surface area (Å²) in [6.45, 7) is -0.190. The average Bonchev–Trinajstić information content (AvgIpc) is 2.87. The summed E-state index contributed by atoms with van der Waals surface area (Å²) in [5, 5.41) is 0. The summed E-state index contributed by atoms with van der Waals surface area (Å²) in [6.07, 6.45) is 2.73. The molecule has 2 atom stereocenters. The fraction of sp³-hybridized carbons (Fsp3) is 0.375. The number of fused-ring (bicyclic) bond motifs is 1. The smallest absolute Gasteiger partial charge is 0.382 e. The van der Waals surface area contributed by atoms with Gasteiger partial charge in [0.2, 0.25) is 0 Å². The number of ether oxygens (including phenoxy) is 1. The Morgan fingerprint density at radius 3 is 2.56 bits per heavy atom. The van der Waals surface area contributed by atoms with E-state index >= 15 is 0 Å². The van der Waals surface area contributed by atoms with E-state index in [0.717, 1.165) is 0 Å². The highest BCUT2D eigenvalue weighted by Gasteiger charge is 2.37. The van der Waals surface area contributed by atoms with Crippen LogP contribution < -0.4 is 5.73 Å². The van der Waals surface area contributed by atoms with Crippen molar-refractivity contribution in [2.45, 2.75) is 6.73 Å². The van der Waals surface area contributed by atoms with Gasteiger partial charge in [-0.3, -0.25) is 4.57 Å². The van der Waals surface area contributed by atoms with Gasteiger partial charge in [-0.25, -0.2) is 28.4 Å². The molecule has 152 valence electrons. The van der Waals surface area contributed by atoms with Crippen LogP contribution in [0.3, 0.4) is 0 Å². The summed E-state index contributed by atoms with van der Waals surface area (Å²) in [5.41, 5.74) is 2.90. The Bertz CT molecular complexity index is 951. The largest absolute Gasteiger partial charge is 0.487 e. The van der Waals surface area contributed by atoms with Crippen LogP contribution in [-0.4, -0.2) is 47.4 Å². The molecule has 0 aromatic carbocycles. The average molecular weight is 481 g/mol. The molecule has 0 aliphatic carbocycles. The van der Waals surface area contributed by atoms with Gasteiger partial charge in [0.05, 0.1) is 19.5 Å². The zero-order valence-electron chi connectivity index (χ0n) is 13.1. The van der Waals surface area contributed by atoms with Gasteiger partial charge in [-0.05, 0) is 11.8 Å². The van der Waals surface area contributed by atoms with Crippen LogP contribution in [0.2, 0.25) is 0 Å². The molecule has 2 aromatic rings. The fourth-order valence-electron chi connectivity index (χ4n) is 1.67. The molecule has 0 aliphatic heterocycles. The van der Waals surface area contributed by atoms with Crippen LogP contribution >= 0.6 is 33.6 Å². The van der Waals surface area contributed by atoms with Gasteiger partial charge in [0.15, 0.2) is 11.5 Å². The normalized spacial score (nSPS) is 16.9. The molecule has 2 aromatic heterocycles. The minimum Gasteiger partial charge on any atom is -0.382 e. The molecule has 0 saturated carbocycles. The van der Waals surface area contributed by atoms with Crippen molar-refractivity contribution >= 4 is 62.4 Å². The lowest BCUT2D eigenvalue weighted by Gasteiger charge is -2.19. The number of nitrogens with two attached hydrogens (primary N) is 1. The molecule has 2 unspecified atom stereocenters. The molecule has 19 heteroatoms. The second-order valence-corrected chi connectivity index (χ2v) is 12.9. The Hall–Kier alpha value is -0.470. The molecule has 0 bridgehead atoms. The van der Waals surface area contributed by atoms with Crippen molar-refractivity contribution in [1.82, 2.24) is 19.5 Å². The van der Waals surface area contributed by atoms with Gasteiger partial charge in [-0.2, -0.15) is 4.31 Å². The number of phosphoric acid groups is 2. The summed E-state index contributed by atoms with van der Waals surface area (Å²) < 4.78 is 41.9. The number of thiol groups is 1. The molecular formula is C8H14N5O9P3S2. The van der Waals surface area contributed by atoms with E-state index in [9.17, 15) is 14.0 Å². The maximum absolute atomic E-state index is 11.4. The van der Waals surface area contributed by atoms with E-state index in [1.165, 1.54) is 12.7 Å². The SMILES string of the molecule is Nc1ncnc2c1ncn2COCCOP(=S)(S)OP(=O)(O)OP(=O)(O)O. The summed E-state index contributed by atoms with van der Waals surface area (Å²) >= 11 is 8.52. The minimum absolute atomic E-state index is 0.0301.